The Morgan fingerprint density at radius 2 is 1.67 bits per heavy atom. The molecule has 0 aromatic heterocycles. The molecule has 0 bridgehead atoms. The summed E-state index contributed by atoms with van der Waals surface area (Å²) in [4.78, 5) is 37.5. The molecule has 4 amide bonds. The Bertz CT molecular complexity index is 505. The molecule has 7 heteroatoms. The predicted octanol–water partition coefficient (Wildman–Crippen LogP) is 2.02. The molecule has 0 radical (unpaired) electrons. The summed E-state index contributed by atoms with van der Waals surface area (Å²) in [5.74, 6) is 0.615. The number of amides is 4. The summed E-state index contributed by atoms with van der Waals surface area (Å²) in [5.41, 5.74) is 0. The van der Waals surface area contributed by atoms with Crippen LogP contribution in [0.15, 0.2) is 0 Å². The van der Waals surface area contributed by atoms with Crippen molar-refractivity contribution in [1.29, 1.82) is 0 Å². The van der Waals surface area contributed by atoms with Gasteiger partial charge in [-0.15, -0.1) is 0 Å². The number of piperidine rings is 1. The first-order valence-electron chi connectivity index (χ1n) is 10.6. The largest absolute Gasteiger partial charge is 0.355 e. The summed E-state index contributed by atoms with van der Waals surface area (Å²) in [6.45, 7) is 5.97. The van der Waals surface area contributed by atoms with E-state index in [1.807, 2.05) is 4.90 Å². The zero-order valence-electron chi connectivity index (χ0n) is 16.9. The van der Waals surface area contributed by atoms with Crippen molar-refractivity contribution in [3.05, 3.63) is 0 Å². The van der Waals surface area contributed by atoms with E-state index in [0.29, 0.717) is 37.4 Å². The van der Waals surface area contributed by atoms with Crippen LogP contribution in [-0.4, -0.2) is 55.0 Å². The fourth-order valence-electron chi connectivity index (χ4n) is 4.26. The molecule has 1 heterocycles. The molecule has 0 aromatic carbocycles. The van der Waals surface area contributed by atoms with Gasteiger partial charge in [-0.25, -0.2) is 4.79 Å². The Labute approximate surface area is 163 Å². The SMILES string of the molecule is CC[C@H]1CN(C(=O)NC2CCCCC2)CC[C@H]1CC(=O)NCCNC(C)=O. The summed E-state index contributed by atoms with van der Waals surface area (Å²) < 4.78 is 0. The third kappa shape index (κ3) is 7.39. The number of rotatable bonds is 7. The highest BCUT2D eigenvalue weighted by Gasteiger charge is 2.32. The van der Waals surface area contributed by atoms with Crippen molar-refractivity contribution in [3.8, 4) is 0 Å². The van der Waals surface area contributed by atoms with Crippen LogP contribution in [0, 0.1) is 11.8 Å². The topological polar surface area (TPSA) is 90.5 Å². The van der Waals surface area contributed by atoms with Crippen LogP contribution in [0.5, 0.6) is 0 Å². The van der Waals surface area contributed by atoms with E-state index in [1.54, 1.807) is 0 Å². The first-order valence-corrected chi connectivity index (χ1v) is 10.6. The van der Waals surface area contributed by atoms with Gasteiger partial charge in [0.1, 0.15) is 0 Å². The number of carbonyl (C=O) groups is 3. The number of nitrogens with zero attached hydrogens (tertiary/aromatic N) is 1. The van der Waals surface area contributed by atoms with Gasteiger partial charge in [-0.3, -0.25) is 9.59 Å². The lowest BCUT2D eigenvalue weighted by atomic mass is 9.81. The highest BCUT2D eigenvalue weighted by Crippen LogP contribution is 2.29. The number of likely N-dealkylation sites (tertiary alicyclic amines) is 1. The maximum atomic E-state index is 12.6. The molecule has 0 unspecified atom stereocenters. The lowest BCUT2D eigenvalue weighted by molar-refractivity contribution is -0.123. The highest BCUT2D eigenvalue weighted by atomic mass is 16.2. The number of carbonyl (C=O) groups excluding carboxylic acids is 3. The number of hydrogen-bond acceptors (Lipinski definition) is 3. The Hall–Kier alpha value is -1.79. The van der Waals surface area contributed by atoms with E-state index in [-0.39, 0.29) is 17.8 Å². The highest BCUT2D eigenvalue weighted by molar-refractivity contribution is 5.77. The predicted molar refractivity (Wildman–Crippen MR) is 105 cm³/mol. The quantitative estimate of drug-likeness (QED) is 0.590. The molecule has 0 aromatic rings. The monoisotopic (exact) mass is 380 g/mol. The van der Waals surface area contributed by atoms with Gasteiger partial charge < -0.3 is 20.9 Å². The van der Waals surface area contributed by atoms with Crippen molar-refractivity contribution in [2.45, 2.75) is 71.3 Å². The van der Waals surface area contributed by atoms with Crippen molar-refractivity contribution in [3.63, 3.8) is 0 Å². The summed E-state index contributed by atoms with van der Waals surface area (Å²) in [7, 11) is 0. The van der Waals surface area contributed by atoms with Crippen LogP contribution in [-0.2, 0) is 9.59 Å². The van der Waals surface area contributed by atoms with E-state index in [1.165, 1.54) is 26.2 Å². The minimum atomic E-state index is -0.0887. The smallest absolute Gasteiger partial charge is 0.317 e. The molecule has 27 heavy (non-hydrogen) atoms. The van der Waals surface area contributed by atoms with Gasteiger partial charge in [0.2, 0.25) is 11.8 Å². The van der Waals surface area contributed by atoms with Gasteiger partial charge in [0, 0.05) is 45.6 Å². The first kappa shape index (κ1) is 21.5. The lowest BCUT2D eigenvalue weighted by Gasteiger charge is -2.39. The second kappa shape index (κ2) is 11.1. The van der Waals surface area contributed by atoms with E-state index in [0.717, 1.165) is 38.8 Å². The number of hydrogen-bond donors (Lipinski definition) is 3. The Morgan fingerprint density at radius 1 is 0.963 bits per heavy atom. The van der Waals surface area contributed by atoms with E-state index < -0.39 is 0 Å². The molecular formula is C20H36N4O3. The van der Waals surface area contributed by atoms with Crippen molar-refractivity contribution in [1.82, 2.24) is 20.9 Å². The molecule has 2 rings (SSSR count). The zero-order chi connectivity index (χ0) is 19.6. The summed E-state index contributed by atoms with van der Waals surface area (Å²) in [6.07, 6.45) is 8.23. The van der Waals surface area contributed by atoms with Gasteiger partial charge in [0.15, 0.2) is 0 Å². The van der Waals surface area contributed by atoms with Gasteiger partial charge in [-0.1, -0.05) is 32.6 Å². The third-order valence-corrected chi connectivity index (χ3v) is 5.90. The molecule has 1 aliphatic carbocycles. The van der Waals surface area contributed by atoms with Crippen molar-refractivity contribution < 1.29 is 14.4 Å². The van der Waals surface area contributed by atoms with E-state index >= 15 is 0 Å². The van der Waals surface area contributed by atoms with Crippen LogP contribution in [0.4, 0.5) is 4.79 Å². The Balaban J connectivity index is 1.73. The summed E-state index contributed by atoms with van der Waals surface area (Å²) in [5, 5.41) is 8.75. The summed E-state index contributed by atoms with van der Waals surface area (Å²) in [6, 6.07) is 0.400. The first-order chi connectivity index (χ1) is 13.0. The second-order valence-corrected chi connectivity index (χ2v) is 7.98. The second-order valence-electron chi connectivity index (χ2n) is 7.98. The molecule has 3 N–H and O–H groups in total. The normalized spacial score (nSPS) is 23.6. The van der Waals surface area contributed by atoms with Crippen LogP contribution in [0.3, 0.4) is 0 Å². The standard InChI is InChI=1S/C20H36N4O3/c1-3-16-14-24(20(27)23-18-7-5-4-6-8-18)12-9-17(16)13-19(26)22-11-10-21-15(2)25/h16-18H,3-14H2,1-2H3,(H,21,25)(H,22,26)(H,23,27)/t16-,17-/m0/s1. The minimum absolute atomic E-state index is 0.0314. The number of urea groups is 1. The molecule has 2 fully saturated rings. The van der Waals surface area contributed by atoms with E-state index in [4.69, 9.17) is 0 Å². The van der Waals surface area contributed by atoms with Crippen molar-refractivity contribution >= 4 is 17.8 Å². The average molecular weight is 381 g/mol. The maximum Gasteiger partial charge on any atom is 0.317 e. The van der Waals surface area contributed by atoms with Gasteiger partial charge in [0.05, 0.1) is 0 Å². The van der Waals surface area contributed by atoms with Crippen LogP contribution in [0.25, 0.3) is 0 Å². The third-order valence-electron chi connectivity index (χ3n) is 5.90. The molecule has 2 aliphatic rings. The van der Waals surface area contributed by atoms with Gasteiger partial charge >= 0.3 is 6.03 Å². The van der Waals surface area contributed by atoms with Crippen LogP contribution in [0.1, 0.15) is 65.2 Å². The van der Waals surface area contributed by atoms with E-state index in [9.17, 15) is 14.4 Å². The van der Waals surface area contributed by atoms with Crippen LogP contribution >= 0.6 is 0 Å². The molecular weight excluding hydrogens is 344 g/mol. The van der Waals surface area contributed by atoms with Gasteiger partial charge in [-0.05, 0) is 31.1 Å². The van der Waals surface area contributed by atoms with Gasteiger partial charge in [-0.2, -0.15) is 0 Å². The molecule has 2 atom stereocenters. The van der Waals surface area contributed by atoms with E-state index in [2.05, 4.69) is 22.9 Å². The molecule has 1 saturated heterocycles. The Kier molecular flexibility index (Phi) is 8.88. The Morgan fingerprint density at radius 3 is 2.33 bits per heavy atom. The van der Waals surface area contributed by atoms with Gasteiger partial charge in [0.25, 0.3) is 0 Å². The number of nitrogens with one attached hydrogen (secondary N) is 3. The molecule has 7 nitrogen and oxygen atoms in total. The fourth-order valence-corrected chi connectivity index (χ4v) is 4.26. The van der Waals surface area contributed by atoms with Crippen molar-refractivity contribution in [2.75, 3.05) is 26.2 Å². The van der Waals surface area contributed by atoms with Crippen LogP contribution in [0.2, 0.25) is 0 Å². The van der Waals surface area contributed by atoms with Crippen molar-refractivity contribution in [2.24, 2.45) is 11.8 Å². The van der Waals surface area contributed by atoms with Crippen LogP contribution < -0.4 is 16.0 Å². The minimum Gasteiger partial charge on any atom is -0.355 e. The summed E-state index contributed by atoms with van der Waals surface area (Å²) >= 11 is 0. The average Bonchev–Trinajstić information content (AvgIpc) is 2.66. The molecule has 1 saturated carbocycles. The maximum absolute atomic E-state index is 12.6. The molecule has 0 spiro atoms. The fraction of sp³-hybridized carbons (Fsp3) is 0.850. The molecule has 154 valence electrons. The zero-order valence-corrected chi connectivity index (χ0v) is 16.9. The molecule has 1 aliphatic heterocycles. The lowest BCUT2D eigenvalue weighted by Crippen LogP contribution is -2.51.